The van der Waals surface area contributed by atoms with Gasteiger partial charge in [0.05, 0.1) is 28.3 Å². The van der Waals surface area contributed by atoms with Gasteiger partial charge in [-0.3, -0.25) is 10.1 Å². The van der Waals surface area contributed by atoms with Crippen LogP contribution in [0.3, 0.4) is 0 Å². The zero-order valence-electron chi connectivity index (χ0n) is 10.1. The number of rotatable bonds is 2. The Kier molecular flexibility index (Phi) is 4.22. The van der Waals surface area contributed by atoms with Crippen molar-refractivity contribution in [2.75, 3.05) is 18.7 Å². The van der Waals surface area contributed by atoms with Crippen molar-refractivity contribution in [3.63, 3.8) is 0 Å². The Balaban J connectivity index is 0.000000771. The fourth-order valence-corrected chi connectivity index (χ4v) is 1.72. The van der Waals surface area contributed by atoms with Crippen LogP contribution in [0.4, 0.5) is 11.4 Å². The van der Waals surface area contributed by atoms with Crippen molar-refractivity contribution < 1.29 is 19.6 Å². The Morgan fingerprint density at radius 2 is 2.17 bits per heavy atom. The highest BCUT2D eigenvalue weighted by Crippen LogP contribution is 2.40. The second-order valence-electron chi connectivity index (χ2n) is 3.78. The first-order chi connectivity index (χ1) is 8.50. The van der Waals surface area contributed by atoms with E-state index in [-0.39, 0.29) is 5.69 Å². The number of aliphatic hydroxyl groups is 1. The Labute approximate surface area is 104 Å². The lowest BCUT2D eigenvalue weighted by molar-refractivity contribution is -0.386. The van der Waals surface area contributed by atoms with Gasteiger partial charge < -0.3 is 19.5 Å². The van der Waals surface area contributed by atoms with Crippen LogP contribution in [-0.4, -0.2) is 30.6 Å². The van der Waals surface area contributed by atoms with Crippen molar-refractivity contribution in [2.24, 2.45) is 0 Å². The van der Waals surface area contributed by atoms with Crippen molar-refractivity contribution in [3.8, 4) is 5.75 Å². The Morgan fingerprint density at radius 3 is 2.67 bits per heavy atom. The van der Waals surface area contributed by atoms with Crippen molar-refractivity contribution in [3.05, 3.63) is 27.8 Å². The molecule has 0 saturated heterocycles. The summed E-state index contributed by atoms with van der Waals surface area (Å²) in [6, 6.07) is 2.96. The number of benzene rings is 1. The minimum Gasteiger partial charge on any atom is -0.471 e. The number of aliphatic hydroxyl groups excluding tert-OH is 1. The van der Waals surface area contributed by atoms with E-state index >= 15 is 0 Å². The number of carbonyl (C=O) groups excluding carboxylic acids is 1. The van der Waals surface area contributed by atoms with Crippen LogP contribution in [0, 0.1) is 10.1 Å². The van der Waals surface area contributed by atoms with Gasteiger partial charge in [-0.05, 0) is 13.0 Å². The molecule has 0 spiro atoms. The topological polar surface area (TPSA) is 92.9 Å². The summed E-state index contributed by atoms with van der Waals surface area (Å²) in [5, 5.41) is 20.3. The van der Waals surface area contributed by atoms with Gasteiger partial charge in [-0.1, -0.05) is 0 Å². The molecule has 0 bridgehead atoms. The monoisotopic (exact) mass is 254 g/mol. The van der Waals surface area contributed by atoms with E-state index in [0.29, 0.717) is 18.0 Å². The molecule has 0 amide bonds. The third-order valence-corrected chi connectivity index (χ3v) is 2.58. The van der Waals surface area contributed by atoms with Gasteiger partial charge in [0.25, 0.3) is 5.69 Å². The van der Waals surface area contributed by atoms with Crippen LogP contribution in [0.2, 0.25) is 0 Å². The first-order valence-corrected chi connectivity index (χ1v) is 5.14. The van der Waals surface area contributed by atoms with E-state index in [1.165, 1.54) is 13.0 Å². The molecule has 2 rings (SSSR count). The van der Waals surface area contributed by atoms with Crippen molar-refractivity contribution in [2.45, 2.75) is 13.0 Å². The number of nitro benzene ring substituents is 1. The Bertz CT molecular complexity index is 461. The van der Waals surface area contributed by atoms with Gasteiger partial charge in [0.2, 0.25) is 0 Å². The van der Waals surface area contributed by atoms with E-state index in [4.69, 9.17) is 9.53 Å². The van der Waals surface area contributed by atoms with Gasteiger partial charge in [-0.15, -0.1) is 0 Å². The number of carbonyl (C=O) groups is 1. The first-order valence-electron chi connectivity index (χ1n) is 5.14. The highest BCUT2D eigenvalue weighted by Gasteiger charge is 2.26. The van der Waals surface area contributed by atoms with Crippen molar-refractivity contribution >= 4 is 18.2 Å². The molecule has 0 aromatic heterocycles. The van der Waals surface area contributed by atoms with Crippen LogP contribution in [0.5, 0.6) is 5.75 Å². The summed E-state index contributed by atoms with van der Waals surface area (Å²) in [6.45, 7) is 3.88. The summed E-state index contributed by atoms with van der Waals surface area (Å²) in [6.07, 6.45) is -0.875. The van der Waals surface area contributed by atoms with Crippen molar-refractivity contribution in [1.82, 2.24) is 0 Å². The SMILES string of the molecule is C=O.CC(O)c1cc2c(cc1[N+](=O)[O-])OCN2C. The maximum absolute atomic E-state index is 10.8. The van der Waals surface area contributed by atoms with E-state index in [1.54, 1.807) is 6.07 Å². The van der Waals surface area contributed by atoms with Gasteiger partial charge in [-0.25, -0.2) is 0 Å². The molecule has 7 nitrogen and oxygen atoms in total. The Morgan fingerprint density at radius 1 is 1.56 bits per heavy atom. The van der Waals surface area contributed by atoms with Crippen molar-refractivity contribution in [1.29, 1.82) is 0 Å². The zero-order valence-corrected chi connectivity index (χ0v) is 10.1. The second-order valence-corrected chi connectivity index (χ2v) is 3.78. The number of fused-ring (bicyclic) bond motifs is 1. The largest absolute Gasteiger partial charge is 0.471 e. The molecule has 1 N–H and O–H groups in total. The van der Waals surface area contributed by atoms with Crippen LogP contribution in [0.1, 0.15) is 18.6 Å². The summed E-state index contributed by atoms with van der Waals surface area (Å²) >= 11 is 0. The lowest BCUT2D eigenvalue weighted by Crippen LogP contribution is -2.15. The number of hydrogen-bond acceptors (Lipinski definition) is 6. The van der Waals surface area contributed by atoms with Crippen LogP contribution in [-0.2, 0) is 4.79 Å². The van der Waals surface area contributed by atoms with E-state index in [0.717, 1.165) is 5.69 Å². The maximum Gasteiger partial charge on any atom is 0.279 e. The highest BCUT2D eigenvalue weighted by molar-refractivity contribution is 5.67. The number of nitrogens with zero attached hydrogens (tertiary/aromatic N) is 2. The fraction of sp³-hybridized carbons (Fsp3) is 0.364. The molecular formula is C11H14N2O5. The molecule has 1 aromatic rings. The van der Waals surface area contributed by atoms with Gasteiger partial charge >= 0.3 is 0 Å². The molecule has 1 aromatic carbocycles. The number of anilines is 1. The fourth-order valence-electron chi connectivity index (χ4n) is 1.72. The van der Waals surface area contributed by atoms with Crippen LogP contribution in [0.15, 0.2) is 12.1 Å². The van der Waals surface area contributed by atoms with E-state index in [1.807, 2.05) is 18.7 Å². The molecule has 0 aliphatic carbocycles. The molecule has 98 valence electrons. The average Bonchev–Trinajstić information content (AvgIpc) is 2.71. The standard InChI is InChI=1S/C10H12N2O4.CH2O/c1-6(13)7-3-9-10(16-5-11(9)2)4-8(7)12(14)15;1-2/h3-4,6,13H,5H2,1-2H3;1H2. The molecule has 18 heavy (non-hydrogen) atoms. The lowest BCUT2D eigenvalue weighted by atomic mass is 10.1. The molecule has 1 unspecified atom stereocenters. The van der Waals surface area contributed by atoms with E-state index in [9.17, 15) is 15.2 Å². The van der Waals surface area contributed by atoms with Gasteiger partial charge in [0.1, 0.15) is 6.79 Å². The summed E-state index contributed by atoms with van der Waals surface area (Å²) in [4.78, 5) is 20.1. The summed E-state index contributed by atoms with van der Waals surface area (Å²) < 4.78 is 5.28. The number of hydrogen-bond donors (Lipinski definition) is 1. The molecule has 1 heterocycles. The minimum absolute atomic E-state index is 0.107. The maximum atomic E-state index is 10.8. The molecule has 0 fully saturated rings. The molecular weight excluding hydrogens is 240 g/mol. The van der Waals surface area contributed by atoms with Crippen LogP contribution >= 0.6 is 0 Å². The summed E-state index contributed by atoms with van der Waals surface area (Å²) in [7, 11) is 1.82. The second kappa shape index (κ2) is 5.46. The third-order valence-electron chi connectivity index (χ3n) is 2.58. The summed E-state index contributed by atoms with van der Waals surface area (Å²) in [5.74, 6) is 0.485. The van der Waals surface area contributed by atoms with E-state index < -0.39 is 11.0 Å². The first kappa shape index (κ1) is 13.9. The predicted molar refractivity (Wildman–Crippen MR) is 64.7 cm³/mol. The molecule has 1 aliphatic rings. The van der Waals surface area contributed by atoms with Gasteiger partial charge in [0.15, 0.2) is 12.5 Å². The van der Waals surface area contributed by atoms with Gasteiger partial charge in [-0.2, -0.15) is 0 Å². The molecule has 0 saturated carbocycles. The van der Waals surface area contributed by atoms with Gasteiger partial charge in [0, 0.05) is 7.05 Å². The van der Waals surface area contributed by atoms with E-state index in [2.05, 4.69) is 0 Å². The quantitative estimate of drug-likeness (QED) is 0.630. The average molecular weight is 254 g/mol. The van der Waals surface area contributed by atoms with Crippen LogP contribution < -0.4 is 9.64 Å². The smallest absolute Gasteiger partial charge is 0.279 e. The normalized spacial score (nSPS) is 14.1. The molecule has 1 atom stereocenters. The molecule has 7 heteroatoms. The molecule has 1 aliphatic heterocycles. The van der Waals surface area contributed by atoms with Crippen LogP contribution in [0.25, 0.3) is 0 Å². The number of nitro groups is 1. The molecule has 0 radical (unpaired) electrons. The zero-order chi connectivity index (χ0) is 13.9. The lowest BCUT2D eigenvalue weighted by Gasteiger charge is -2.11. The third kappa shape index (κ3) is 2.40. The predicted octanol–water partition coefficient (Wildman–Crippen LogP) is 1.25. The Hall–Kier alpha value is -2.15. The minimum atomic E-state index is -0.875. The summed E-state index contributed by atoms with van der Waals surface area (Å²) in [5.41, 5.74) is 0.964. The highest BCUT2D eigenvalue weighted by atomic mass is 16.6. The number of ether oxygens (including phenoxy) is 1.